The number of carbonyl (C=O) groups excluding carboxylic acids is 3. The van der Waals surface area contributed by atoms with E-state index < -0.39 is 41.2 Å². The molecule has 150 valence electrons. The number of amides is 3. The Morgan fingerprint density at radius 2 is 1.81 bits per heavy atom. The molecule has 0 saturated carbocycles. The highest BCUT2D eigenvalue weighted by Crippen LogP contribution is 2.36. The van der Waals surface area contributed by atoms with Crippen molar-refractivity contribution in [2.75, 3.05) is 18.9 Å². The SMILES string of the molecule is CC(=O)NC(C(=O)N(C)CC(=O)Nc1ccc(Cl)c(C(F)(F)F)c1)C(C)C. The molecule has 0 saturated heterocycles. The monoisotopic (exact) mass is 407 g/mol. The lowest BCUT2D eigenvalue weighted by atomic mass is 10.0. The fourth-order valence-corrected chi connectivity index (χ4v) is 2.51. The first-order valence-corrected chi connectivity index (χ1v) is 8.39. The number of hydrogen-bond acceptors (Lipinski definition) is 3. The maximum absolute atomic E-state index is 12.9. The summed E-state index contributed by atoms with van der Waals surface area (Å²) in [5.41, 5.74) is -1.17. The van der Waals surface area contributed by atoms with Crippen LogP contribution in [0.2, 0.25) is 5.02 Å². The molecule has 27 heavy (non-hydrogen) atoms. The number of rotatable bonds is 6. The van der Waals surface area contributed by atoms with Crippen molar-refractivity contribution in [3.05, 3.63) is 28.8 Å². The quantitative estimate of drug-likeness (QED) is 0.761. The van der Waals surface area contributed by atoms with Gasteiger partial charge in [0.25, 0.3) is 0 Å². The Bertz CT molecular complexity index is 723. The van der Waals surface area contributed by atoms with Crippen LogP contribution in [-0.4, -0.2) is 42.3 Å². The predicted octanol–water partition coefficient (Wildman–Crippen LogP) is 2.92. The van der Waals surface area contributed by atoms with Crippen molar-refractivity contribution in [1.29, 1.82) is 0 Å². The number of likely N-dealkylation sites (N-methyl/N-ethyl adjacent to an activating group) is 1. The number of halogens is 4. The van der Waals surface area contributed by atoms with Crippen LogP contribution in [-0.2, 0) is 20.6 Å². The number of hydrogen-bond donors (Lipinski definition) is 2. The molecule has 0 spiro atoms. The van der Waals surface area contributed by atoms with Gasteiger partial charge in [-0.2, -0.15) is 13.2 Å². The Morgan fingerprint density at radius 1 is 1.22 bits per heavy atom. The second-order valence-electron chi connectivity index (χ2n) is 6.36. The molecule has 0 heterocycles. The van der Waals surface area contributed by atoms with Crippen LogP contribution in [0.4, 0.5) is 18.9 Å². The zero-order valence-corrected chi connectivity index (χ0v) is 16.0. The number of nitrogens with zero attached hydrogens (tertiary/aromatic N) is 1. The molecule has 0 radical (unpaired) electrons. The molecule has 1 rings (SSSR count). The highest BCUT2D eigenvalue weighted by Gasteiger charge is 2.33. The molecule has 10 heteroatoms. The Kier molecular flexibility index (Phi) is 7.65. The van der Waals surface area contributed by atoms with Crippen LogP contribution in [0.15, 0.2) is 18.2 Å². The normalized spacial score (nSPS) is 12.5. The lowest BCUT2D eigenvalue weighted by Crippen LogP contribution is -2.51. The van der Waals surface area contributed by atoms with Crippen molar-refractivity contribution in [1.82, 2.24) is 10.2 Å². The molecule has 0 aliphatic rings. The number of carbonyl (C=O) groups is 3. The van der Waals surface area contributed by atoms with Gasteiger partial charge < -0.3 is 15.5 Å². The van der Waals surface area contributed by atoms with Crippen molar-refractivity contribution >= 4 is 35.0 Å². The van der Waals surface area contributed by atoms with Crippen LogP contribution in [0.1, 0.15) is 26.3 Å². The lowest BCUT2D eigenvalue weighted by molar-refractivity contribution is -0.138. The van der Waals surface area contributed by atoms with Gasteiger partial charge in [0.15, 0.2) is 0 Å². The van der Waals surface area contributed by atoms with E-state index in [4.69, 9.17) is 11.6 Å². The molecule has 1 aromatic carbocycles. The Hall–Kier alpha value is -2.29. The van der Waals surface area contributed by atoms with E-state index in [-0.39, 0.29) is 17.5 Å². The van der Waals surface area contributed by atoms with E-state index in [0.29, 0.717) is 0 Å². The van der Waals surface area contributed by atoms with Gasteiger partial charge in [-0.3, -0.25) is 14.4 Å². The molecule has 0 aromatic heterocycles. The van der Waals surface area contributed by atoms with E-state index in [9.17, 15) is 27.6 Å². The second kappa shape index (κ2) is 9.07. The molecule has 0 bridgehead atoms. The summed E-state index contributed by atoms with van der Waals surface area (Å²) >= 11 is 5.53. The minimum absolute atomic E-state index is 0.0974. The van der Waals surface area contributed by atoms with Crippen molar-refractivity contribution in [2.45, 2.75) is 33.0 Å². The van der Waals surface area contributed by atoms with Gasteiger partial charge >= 0.3 is 6.18 Å². The van der Waals surface area contributed by atoms with Gasteiger partial charge in [-0.15, -0.1) is 0 Å². The van der Waals surface area contributed by atoms with Gasteiger partial charge in [0.1, 0.15) is 6.04 Å². The maximum atomic E-state index is 12.9. The average Bonchev–Trinajstić information content (AvgIpc) is 2.52. The molecule has 0 fully saturated rings. The number of alkyl halides is 3. The van der Waals surface area contributed by atoms with E-state index in [1.807, 2.05) is 0 Å². The highest BCUT2D eigenvalue weighted by atomic mass is 35.5. The molecule has 1 unspecified atom stereocenters. The first-order chi connectivity index (χ1) is 12.3. The smallest absolute Gasteiger partial charge is 0.344 e. The molecule has 2 N–H and O–H groups in total. The van der Waals surface area contributed by atoms with Gasteiger partial charge in [-0.1, -0.05) is 25.4 Å². The van der Waals surface area contributed by atoms with Gasteiger partial charge in [0, 0.05) is 19.7 Å². The summed E-state index contributed by atoms with van der Waals surface area (Å²) in [7, 11) is 1.36. The van der Waals surface area contributed by atoms with Crippen LogP contribution in [0.5, 0.6) is 0 Å². The fourth-order valence-electron chi connectivity index (χ4n) is 2.28. The second-order valence-corrected chi connectivity index (χ2v) is 6.76. The minimum atomic E-state index is -4.66. The Morgan fingerprint density at radius 3 is 2.30 bits per heavy atom. The average molecular weight is 408 g/mol. The topological polar surface area (TPSA) is 78.5 Å². The predicted molar refractivity (Wildman–Crippen MR) is 95.2 cm³/mol. The summed E-state index contributed by atoms with van der Waals surface area (Å²) < 4.78 is 38.6. The van der Waals surface area contributed by atoms with E-state index in [1.165, 1.54) is 20.0 Å². The molecular weight excluding hydrogens is 387 g/mol. The van der Waals surface area contributed by atoms with Crippen molar-refractivity contribution in [2.24, 2.45) is 5.92 Å². The summed E-state index contributed by atoms with van der Waals surface area (Å²) in [6, 6.07) is 2.16. The van der Waals surface area contributed by atoms with E-state index in [0.717, 1.165) is 17.0 Å². The summed E-state index contributed by atoms with van der Waals surface area (Å²) in [6.45, 7) is 4.34. The first kappa shape index (κ1) is 22.8. The summed E-state index contributed by atoms with van der Waals surface area (Å²) in [4.78, 5) is 36.8. The maximum Gasteiger partial charge on any atom is 0.417 e. The third-order valence-corrected chi connectivity index (χ3v) is 3.93. The molecule has 6 nitrogen and oxygen atoms in total. The Balaban J connectivity index is 2.82. The van der Waals surface area contributed by atoms with Gasteiger partial charge in [-0.05, 0) is 24.1 Å². The van der Waals surface area contributed by atoms with Crippen LogP contribution in [0.3, 0.4) is 0 Å². The number of anilines is 1. The lowest BCUT2D eigenvalue weighted by Gasteiger charge is -2.26. The highest BCUT2D eigenvalue weighted by molar-refractivity contribution is 6.31. The van der Waals surface area contributed by atoms with E-state index in [1.54, 1.807) is 13.8 Å². The molecule has 3 amide bonds. The van der Waals surface area contributed by atoms with Gasteiger partial charge in [-0.25, -0.2) is 0 Å². The molecule has 0 aliphatic heterocycles. The molecular formula is C17H21ClF3N3O3. The van der Waals surface area contributed by atoms with Gasteiger partial charge in [0.2, 0.25) is 17.7 Å². The number of nitrogens with one attached hydrogen (secondary N) is 2. The van der Waals surface area contributed by atoms with Crippen molar-refractivity contribution < 1.29 is 27.6 Å². The van der Waals surface area contributed by atoms with E-state index in [2.05, 4.69) is 10.6 Å². The minimum Gasteiger partial charge on any atom is -0.344 e. The first-order valence-electron chi connectivity index (χ1n) is 8.01. The van der Waals surface area contributed by atoms with Crippen molar-refractivity contribution in [3.63, 3.8) is 0 Å². The summed E-state index contributed by atoms with van der Waals surface area (Å²) in [6.07, 6.45) is -4.66. The third-order valence-electron chi connectivity index (χ3n) is 3.60. The number of benzene rings is 1. The Labute approximate surface area is 160 Å². The van der Waals surface area contributed by atoms with Crippen LogP contribution < -0.4 is 10.6 Å². The van der Waals surface area contributed by atoms with Crippen LogP contribution in [0, 0.1) is 5.92 Å². The summed E-state index contributed by atoms with van der Waals surface area (Å²) in [5.74, 6) is -1.77. The molecule has 1 aromatic rings. The summed E-state index contributed by atoms with van der Waals surface area (Å²) in [5, 5.41) is 4.33. The third kappa shape index (κ3) is 6.74. The zero-order chi connectivity index (χ0) is 20.9. The standard InChI is InChI=1S/C17H21ClF3N3O3/c1-9(2)15(22-10(3)25)16(27)24(4)8-14(26)23-11-5-6-13(18)12(7-11)17(19,20)21/h5-7,9,15H,8H2,1-4H3,(H,22,25)(H,23,26). The van der Waals surface area contributed by atoms with Crippen LogP contribution >= 0.6 is 11.6 Å². The largest absolute Gasteiger partial charge is 0.417 e. The van der Waals surface area contributed by atoms with Crippen LogP contribution in [0.25, 0.3) is 0 Å². The zero-order valence-electron chi connectivity index (χ0n) is 15.3. The molecule has 0 aliphatic carbocycles. The van der Waals surface area contributed by atoms with Crippen molar-refractivity contribution in [3.8, 4) is 0 Å². The molecule has 1 atom stereocenters. The van der Waals surface area contributed by atoms with E-state index >= 15 is 0 Å². The fraction of sp³-hybridized carbons (Fsp3) is 0.471. The van der Waals surface area contributed by atoms with Gasteiger partial charge in [0.05, 0.1) is 17.1 Å².